The van der Waals surface area contributed by atoms with Crippen LogP contribution in [0.15, 0.2) is 42.5 Å². The summed E-state index contributed by atoms with van der Waals surface area (Å²) in [6.07, 6.45) is -4.55. The fourth-order valence-corrected chi connectivity index (χ4v) is 3.51. The smallest absolute Gasteiger partial charge is 0.418 e. The van der Waals surface area contributed by atoms with Gasteiger partial charge in [-0.3, -0.25) is 14.5 Å². The molecule has 0 saturated carbocycles. The molecule has 6 nitrogen and oxygen atoms in total. The van der Waals surface area contributed by atoms with Crippen LogP contribution in [0.2, 0.25) is 5.02 Å². The zero-order chi connectivity index (χ0) is 23.3. The van der Waals surface area contributed by atoms with Crippen LogP contribution in [0.1, 0.15) is 11.1 Å². The second kappa shape index (κ2) is 10.2. The zero-order valence-electron chi connectivity index (χ0n) is 17.4. The van der Waals surface area contributed by atoms with Crippen LogP contribution < -0.4 is 10.1 Å². The summed E-state index contributed by atoms with van der Waals surface area (Å²) in [5, 5.41) is 2.76. The van der Waals surface area contributed by atoms with Crippen LogP contribution in [0.4, 0.5) is 18.9 Å². The average Bonchev–Trinajstić information content (AvgIpc) is 2.74. The topological polar surface area (TPSA) is 61.9 Å². The number of benzene rings is 2. The number of para-hydroxylation sites is 1. The number of rotatable bonds is 6. The molecule has 1 saturated heterocycles. The maximum absolute atomic E-state index is 13.1. The van der Waals surface area contributed by atoms with Crippen LogP contribution in [0.5, 0.6) is 5.75 Å². The van der Waals surface area contributed by atoms with E-state index in [1.165, 1.54) is 18.2 Å². The van der Waals surface area contributed by atoms with Gasteiger partial charge in [-0.25, -0.2) is 0 Å². The van der Waals surface area contributed by atoms with Crippen molar-refractivity contribution in [2.75, 3.05) is 44.6 Å². The summed E-state index contributed by atoms with van der Waals surface area (Å²) in [5.41, 5.74) is -0.204. The largest absolute Gasteiger partial charge is 0.482 e. The van der Waals surface area contributed by atoms with Gasteiger partial charge in [-0.1, -0.05) is 29.8 Å². The number of carbonyl (C=O) groups excluding carboxylic acids is 2. The summed E-state index contributed by atoms with van der Waals surface area (Å²) in [4.78, 5) is 28.1. The SMILES string of the molecule is Cc1ccc(Cl)c(OCC(=O)N2CCN(CC(=O)Nc3ccccc3C(F)(F)F)CC2)c1. The molecule has 2 aromatic rings. The molecule has 172 valence electrons. The fourth-order valence-electron chi connectivity index (χ4n) is 3.34. The van der Waals surface area contributed by atoms with Crippen LogP contribution in [0, 0.1) is 6.92 Å². The molecule has 1 heterocycles. The van der Waals surface area contributed by atoms with E-state index in [1.54, 1.807) is 21.9 Å². The minimum Gasteiger partial charge on any atom is -0.482 e. The molecule has 1 N–H and O–H groups in total. The molecule has 10 heteroatoms. The maximum atomic E-state index is 13.1. The average molecular weight is 470 g/mol. The summed E-state index contributed by atoms with van der Waals surface area (Å²) in [6, 6.07) is 10.1. The van der Waals surface area contributed by atoms with E-state index in [0.717, 1.165) is 11.6 Å². The normalized spacial score (nSPS) is 14.8. The van der Waals surface area contributed by atoms with Gasteiger partial charge < -0.3 is 15.0 Å². The number of nitrogens with zero attached hydrogens (tertiary/aromatic N) is 2. The lowest BCUT2D eigenvalue weighted by Crippen LogP contribution is -2.51. The fraction of sp³-hybridized carbons (Fsp3) is 0.364. The van der Waals surface area contributed by atoms with Gasteiger partial charge in [-0.15, -0.1) is 0 Å². The maximum Gasteiger partial charge on any atom is 0.418 e. The van der Waals surface area contributed by atoms with Gasteiger partial charge >= 0.3 is 6.18 Å². The summed E-state index contributed by atoms with van der Waals surface area (Å²) in [5.74, 6) is -0.306. The van der Waals surface area contributed by atoms with E-state index in [9.17, 15) is 22.8 Å². The van der Waals surface area contributed by atoms with Gasteiger partial charge in [0.25, 0.3) is 5.91 Å². The Hall–Kier alpha value is -2.78. The standard InChI is InChI=1S/C22H23ClF3N3O3/c1-15-6-7-17(23)19(12-15)32-14-21(31)29-10-8-28(9-11-29)13-20(30)27-18-5-3-2-4-16(18)22(24,25)26/h2-7,12H,8-11,13-14H2,1H3,(H,27,30). The Bertz CT molecular complexity index is 976. The number of piperazine rings is 1. The Morgan fingerprint density at radius 2 is 1.78 bits per heavy atom. The van der Waals surface area contributed by atoms with Crippen molar-refractivity contribution < 1.29 is 27.5 Å². The predicted octanol–water partition coefficient (Wildman–Crippen LogP) is 3.83. The van der Waals surface area contributed by atoms with Gasteiger partial charge in [0.2, 0.25) is 5.91 Å². The van der Waals surface area contributed by atoms with Crippen LogP contribution in [0.3, 0.4) is 0 Å². The van der Waals surface area contributed by atoms with Gasteiger partial charge in [-0.2, -0.15) is 13.2 Å². The van der Waals surface area contributed by atoms with Crippen molar-refractivity contribution >= 4 is 29.1 Å². The van der Waals surface area contributed by atoms with E-state index in [-0.39, 0.29) is 24.7 Å². The molecule has 0 bridgehead atoms. The number of ether oxygens (including phenoxy) is 1. The van der Waals surface area contributed by atoms with Crippen LogP contribution >= 0.6 is 11.6 Å². The molecule has 2 aromatic carbocycles. The van der Waals surface area contributed by atoms with Gasteiger partial charge in [-0.05, 0) is 36.8 Å². The molecule has 32 heavy (non-hydrogen) atoms. The minimum atomic E-state index is -4.55. The quantitative estimate of drug-likeness (QED) is 0.698. The molecule has 0 aliphatic carbocycles. The summed E-state index contributed by atoms with van der Waals surface area (Å²) >= 11 is 6.07. The van der Waals surface area contributed by atoms with Gasteiger partial charge in [0.15, 0.2) is 6.61 Å². The molecule has 1 aliphatic heterocycles. The highest BCUT2D eigenvalue weighted by Gasteiger charge is 2.33. The molecule has 0 atom stereocenters. The highest BCUT2D eigenvalue weighted by molar-refractivity contribution is 6.32. The van der Waals surface area contributed by atoms with E-state index in [4.69, 9.17) is 16.3 Å². The molecular formula is C22H23ClF3N3O3. The van der Waals surface area contributed by atoms with Crippen LogP contribution in [-0.4, -0.2) is 60.9 Å². The van der Waals surface area contributed by atoms with E-state index in [0.29, 0.717) is 37.0 Å². The third kappa shape index (κ3) is 6.37. The first-order valence-electron chi connectivity index (χ1n) is 9.98. The first-order chi connectivity index (χ1) is 15.1. The first kappa shape index (κ1) is 23.9. The summed E-state index contributed by atoms with van der Waals surface area (Å²) < 4.78 is 44.8. The Morgan fingerprint density at radius 3 is 2.47 bits per heavy atom. The van der Waals surface area contributed by atoms with Crippen molar-refractivity contribution in [1.29, 1.82) is 0 Å². The monoisotopic (exact) mass is 469 g/mol. The van der Waals surface area contributed by atoms with E-state index in [1.807, 2.05) is 13.0 Å². The number of hydrogen-bond acceptors (Lipinski definition) is 4. The molecule has 0 unspecified atom stereocenters. The van der Waals surface area contributed by atoms with Gasteiger partial charge in [0.05, 0.1) is 22.8 Å². The molecule has 1 fully saturated rings. The number of hydrogen-bond donors (Lipinski definition) is 1. The number of amides is 2. The second-order valence-corrected chi connectivity index (χ2v) is 7.88. The summed E-state index contributed by atoms with van der Waals surface area (Å²) in [6.45, 7) is 3.28. The Balaban J connectivity index is 1.46. The van der Waals surface area contributed by atoms with Gasteiger partial charge in [0.1, 0.15) is 5.75 Å². The third-order valence-corrected chi connectivity index (χ3v) is 5.35. The lowest BCUT2D eigenvalue weighted by Gasteiger charge is -2.34. The molecule has 0 spiro atoms. The second-order valence-electron chi connectivity index (χ2n) is 7.47. The number of carbonyl (C=O) groups is 2. The summed E-state index contributed by atoms with van der Waals surface area (Å²) in [7, 11) is 0. The molecule has 0 aromatic heterocycles. The van der Waals surface area contributed by atoms with Gasteiger partial charge in [0, 0.05) is 26.2 Å². The lowest BCUT2D eigenvalue weighted by atomic mass is 10.1. The van der Waals surface area contributed by atoms with E-state index >= 15 is 0 Å². The lowest BCUT2D eigenvalue weighted by molar-refractivity contribution is -0.137. The first-order valence-corrected chi connectivity index (χ1v) is 10.4. The highest BCUT2D eigenvalue weighted by Crippen LogP contribution is 2.34. The predicted molar refractivity (Wildman–Crippen MR) is 115 cm³/mol. The number of halogens is 4. The minimum absolute atomic E-state index is 0.0659. The number of anilines is 1. The van der Waals surface area contributed by atoms with Crippen molar-refractivity contribution in [3.63, 3.8) is 0 Å². The molecular weight excluding hydrogens is 447 g/mol. The van der Waals surface area contributed by atoms with Crippen molar-refractivity contribution in [1.82, 2.24) is 9.80 Å². The Morgan fingerprint density at radius 1 is 1.09 bits per heavy atom. The van der Waals surface area contributed by atoms with Crippen molar-refractivity contribution in [3.05, 3.63) is 58.6 Å². The Kier molecular flexibility index (Phi) is 7.63. The number of alkyl halides is 3. The Labute approximate surface area is 188 Å². The van der Waals surface area contributed by atoms with Crippen LogP contribution in [-0.2, 0) is 15.8 Å². The highest BCUT2D eigenvalue weighted by atomic mass is 35.5. The van der Waals surface area contributed by atoms with Crippen molar-refractivity contribution in [2.24, 2.45) is 0 Å². The molecule has 3 rings (SSSR count). The molecule has 2 amide bonds. The molecule has 1 aliphatic rings. The number of nitrogens with one attached hydrogen (secondary N) is 1. The van der Waals surface area contributed by atoms with Crippen molar-refractivity contribution in [3.8, 4) is 5.75 Å². The van der Waals surface area contributed by atoms with E-state index in [2.05, 4.69) is 5.32 Å². The third-order valence-electron chi connectivity index (χ3n) is 5.04. The molecule has 0 radical (unpaired) electrons. The zero-order valence-corrected chi connectivity index (χ0v) is 18.2. The number of aryl methyl sites for hydroxylation is 1. The van der Waals surface area contributed by atoms with Crippen molar-refractivity contribution in [2.45, 2.75) is 13.1 Å². The van der Waals surface area contributed by atoms with Crippen LogP contribution in [0.25, 0.3) is 0 Å². The van der Waals surface area contributed by atoms with E-state index < -0.39 is 17.6 Å².